The Balaban J connectivity index is 1.64. The van der Waals surface area contributed by atoms with Crippen LogP contribution in [0.15, 0.2) is 60.7 Å². The van der Waals surface area contributed by atoms with E-state index in [0.717, 1.165) is 0 Å². The number of nitrogens with two attached hydrogens (primary N) is 1. The van der Waals surface area contributed by atoms with Gasteiger partial charge in [0.1, 0.15) is 0 Å². The van der Waals surface area contributed by atoms with E-state index in [4.69, 9.17) is 19.9 Å². The number of hydrogen-bond acceptors (Lipinski definition) is 7. The van der Waals surface area contributed by atoms with E-state index in [1.54, 1.807) is 43.3 Å². The van der Waals surface area contributed by atoms with Crippen molar-refractivity contribution in [3.63, 3.8) is 0 Å². The zero-order chi connectivity index (χ0) is 26.9. The first-order chi connectivity index (χ1) is 17.7. The monoisotopic (exact) mass is 506 g/mol. The van der Waals surface area contributed by atoms with Crippen LogP contribution in [-0.4, -0.2) is 44.6 Å². The van der Waals surface area contributed by atoms with Crippen molar-refractivity contribution in [2.45, 2.75) is 6.92 Å². The van der Waals surface area contributed by atoms with E-state index in [9.17, 15) is 19.2 Å². The number of ether oxygens (including phenoxy) is 3. The van der Waals surface area contributed by atoms with Crippen molar-refractivity contribution in [2.75, 3.05) is 36.8 Å². The minimum Gasteiger partial charge on any atom is -0.493 e. The van der Waals surface area contributed by atoms with Crippen LogP contribution < -0.4 is 31.2 Å². The van der Waals surface area contributed by atoms with Gasteiger partial charge in [0.25, 0.3) is 11.8 Å². The Labute approximate surface area is 212 Å². The molecule has 0 spiro atoms. The van der Waals surface area contributed by atoms with Gasteiger partial charge >= 0.3 is 12.0 Å². The van der Waals surface area contributed by atoms with Crippen molar-refractivity contribution in [2.24, 2.45) is 5.73 Å². The van der Waals surface area contributed by atoms with E-state index in [2.05, 4.69) is 16.0 Å². The average Bonchev–Trinajstić information content (AvgIpc) is 2.89. The molecule has 11 heteroatoms. The van der Waals surface area contributed by atoms with E-state index in [1.165, 1.54) is 38.5 Å². The molecule has 37 heavy (non-hydrogen) atoms. The number of carbonyl (C=O) groups excluding carboxylic acids is 4. The number of amides is 4. The fourth-order valence-electron chi connectivity index (χ4n) is 3.28. The number of carbonyl (C=O) groups is 4. The van der Waals surface area contributed by atoms with E-state index in [0.29, 0.717) is 22.7 Å². The first kappa shape index (κ1) is 26.5. The zero-order valence-electron chi connectivity index (χ0n) is 20.4. The summed E-state index contributed by atoms with van der Waals surface area (Å²) in [6.07, 6.45) is 0. The number of hydrogen-bond donors (Lipinski definition) is 4. The lowest BCUT2D eigenvalue weighted by Gasteiger charge is -2.14. The number of methoxy groups -OCH3 is 2. The summed E-state index contributed by atoms with van der Waals surface area (Å²) in [4.78, 5) is 48.7. The number of anilines is 3. The number of nitrogens with one attached hydrogen (secondary N) is 3. The Morgan fingerprint density at radius 1 is 0.757 bits per heavy atom. The lowest BCUT2D eigenvalue weighted by atomic mass is 10.1. The molecule has 0 heterocycles. The first-order valence-electron chi connectivity index (χ1n) is 11.1. The van der Waals surface area contributed by atoms with Gasteiger partial charge in [0.15, 0.2) is 11.5 Å². The molecule has 0 aliphatic heterocycles. The average molecular weight is 507 g/mol. The number of rotatable bonds is 9. The second-order valence-electron chi connectivity index (χ2n) is 7.53. The quantitative estimate of drug-likeness (QED) is 0.321. The molecule has 3 aromatic rings. The molecular formula is C26H26N4O7. The van der Waals surface area contributed by atoms with Crippen molar-refractivity contribution < 1.29 is 33.4 Å². The van der Waals surface area contributed by atoms with Crippen molar-refractivity contribution >= 4 is 40.9 Å². The van der Waals surface area contributed by atoms with Crippen LogP contribution in [0.5, 0.6) is 11.5 Å². The highest BCUT2D eigenvalue weighted by atomic mass is 16.5. The highest BCUT2D eigenvalue weighted by Crippen LogP contribution is 2.33. The van der Waals surface area contributed by atoms with Crippen molar-refractivity contribution in [3.05, 3.63) is 77.4 Å². The van der Waals surface area contributed by atoms with Crippen LogP contribution in [0.1, 0.15) is 38.0 Å². The van der Waals surface area contributed by atoms with Crippen LogP contribution in [-0.2, 0) is 4.74 Å². The van der Waals surface area contributed by atoms with Crippen molar-refractivity contribution in [1.29, 1.82) is 0 Å². The molecule has 11 nitrogen and oxygen atoms in total. The number of esters is 1. The summed E-state index contributed by atoms with van der Waals surface area (Å²) in [5, 5.41) is 7.94. The zero-order valence-corrected chi connectivity index (χ0v) is 20.4. The largest absolute Gasteiger partial charge is 0.493 e. The smallest absolute Gasteiger partial charge is 0.338 e. The third-order valence-electron chi connectivity index (χ3n) is 5.10. The summed E-state index contributed by atoms with van der Waals surface area (Å²) < 4.78 is 15.3. The fourth-order valence-corrected chi connectivity index (χ4v) is 3.28. The Morgan fingerprint density at radius 2 is 1.27 bits per heavy atom. The van der Waals surface area contributed by atoms with Gasteiger partial charge in [-0.1, -0.05) is 0 Å². The standard InChI is InChI=1S/C26H26N4O7/c1-4-37-25(33)16-7-11-18(12-8-16)29-26(34)28-17-9-5-15(6-10-17)24(32)30-20-14-22(36-3)21(35-2)13-19(20)23(27)31/h5-14H,4H2,1-3H3,(H2,27,31)(H,30,32)(H2,28,29,34). The predicted molar refractivity (Wildman–Crippen MR) is 137 cm³/mol. The lowest BCUT2D eigenvalue weighted by Crippen LogP contribution is -2.20. The van der Waals surface area contributed by atoms with Crippen molar-refractivity contribution in [3.8, 4) is 11.5 Å². The topological polar surface area (TPSA) is 158 Å². The number of benzene rings is 3. The van der Waals surface area contributed by atoms with Gasteiger partial charge in [-0.25, -0.2) is 9.59 Å². The Hall–Kier alpha value is -5.06. The fraction of sp³-hybridized carbons (Fsp3) is 0.154. The molecule has 0 aliphatic carbocycles. The summed E-state index contributed by atoms with van der Waals surface area (Å²) >= 11 is 0. The summed E-state index contributed by atoms with van der Waals surface area (Å²) in [5.41, 5.74) is 7.20. The van der Waals surface area contributed by atoms with Gasteiger partial charge < -0.3 is 35.9 Å². The molecule has 192 valence electrons. The second kappa shape index (κ2) is 12.1. The van der Waals surface area contributed by atoms with Crippen LogP contribution in [0.25, 0.3) is 0 Å². The first-order valence-corrected chi connectivity index (χ1v) is 11.1. The summed E-state index contributed by atoms with van der Waals surface area (Å²) in [6.45, 7) is 1.99. The van der Waals surface area contributed by atoms with E-state index < -0.39 is 23.8 Å². The third kappa shape index (κ3) is 6.75. The highest BCUT2D eigenvalue weighted by Gasteiger charge is 2.18. The SMILES string of the molecule is CCOC(=O)c1ccc(NC(=O)Nc2ccc(C(=O)Nc3cc(OC)c(OC)cc3C(N)=O)cc2)cc1. The maximum atomic E-state index is 12.8. The van der Waals surface area contributed by atoms with Crippen LogP contribution in [0.4, 0.5) is 21.9 Å². The maximum absolute atomic E-state index is 12.8. The van der Waals surface area contributed by atoms with Gasteiger partial charge in [-0.3, -0.25) is 9.59 Å². The van der Waals surface area contributed by atoms with E-state index >= 15 is 0 Å². The summed E-state index contributed by atoms with van der Waals surface area (Å²) in [7, 11) is 2.84. The summed E-state index contributed by atoms with van der Waals surface area (Å²) in [5.74, 6) is -1.11. The van der Waals surface area contributed by atoms with Gasteiger partial charge in [-0.2, -0.15) is 0 Å². The molecule has 0 saturated heterocycles. The highest BCUT2D eigenvalue weighted by molar-refractivity contribution is 6.09. The molecule has 5 N–H and O–H groups in total. The van der Waals surface area contributed by atoms with Crippen molar-refractivity contribution in [1.82, 2.24) is 0 Å². The molecule has 0 aliphatic rings. The second-order valence-corrected chi connectivity index (χ2v) is 7.53. The summed E-state index contributed by atoms with van der Waals surface area (Å²) in [6, 6.07) is 14.6. The lowest BCUT2D eigenvalue weighted by molar-refractivity contribution is 0.0526. The van der Waals surface area contributed by atoms with Gasteiger partial charge in [0, 0.05) is 23.0 Å². The minimum absolute atomic E-state index is 0.0521. The van der Waals surface area contributed by atoms with Crippen LogP contribution in [0.3, 0.4) is 0 Å². The van der Waals surface area contributed by atoms with Gasteiger partial charge in [-0.05, 0) is 61.5 Å². The third-order valence-corrected chi connectivity index (χ3v) is 5.10. The van der Waals surface area contributed by atoms with Gasteiger partial charge in [0.05, 0.1) is 37.6 Å². The molecule has 0 radical (unpaired) electrons. The molecule has 0 aromatic heterocycles. The Kier molecular flexibility index (Phi) is 8.66. The molecule has 0 bridgehead atoms. The minimum atomic E-state index is -0.752. The van der Waals surface area contributed by atoms with E-state index in [1.807, 2.05) is 0 Å². The normalized spacial score (nSPS) is 10.1. The molecule has 0 fully saturated rings. The molecule has 3 aromatic carbocycles. The number of primary amides is 1. The van der Waals surface area contributed by atoms with Crippen LogP contribution in [0.2, 0.25) is 0 Å². The molecule has 0 atom stereocenters. The van der Waals surface area contributed by atoms with Crippen LogP contribution in [0, 0.1) is 0 Å². The molecule has 0 unspecified atom stereocenters. The maximum Gasteiger partial charge on any atom is 0.338 e. The Bertz CT molecular complexity index is 1310. The number of urea groups is 1. The van der Waals surface area contributed by atoms with Crippen LogP contribution >= 0.6 is 0 Å². The molecular weight excluding hydrogens is 480 g/mol. The molecule has 0 saturated carbocycles. The predicted octanol–water partition coefficient (Wildman–Crippen LogP) is 3.88. The Morgan fingerprint density at radius 3 is 1.76 bits per heavy atom. The molecule has 4 amide bonds. The van der Waals surface area contributed by atoms with Gasteiger partial charge in [0.2, 0.25) is 0 Å². The van der Waals surface area contributed by atoms with Gasteiger partial charge in [-0.15, -0.1) is 0 Å². The van der Waals surface area contributed by atoms with E-state index in [-0.39, 0.29) is 29.2 Å². The molecule has 3 rings (SSSR count).